The summed E-state index contributed by atoms with van der Waals surface area (Å²) in [5, 5.41) is 2.77. The van der Waals surface area contributed by atoms with Crippen molar-refractivity contribution in [3.63, 3.8) is 0 Å². The number of alkyl carbamates (subject to hydrolysis) is 1. The maximum absolute atomic E-state index is 10.8. The molecule has 0 radical (unpaired) electrons. The molecule has 0 aliphatic heterocycles. The number of ether oxygens (including phenoxy) is 1. The Kier molecular flexibility index (Phi) is 1.83. The summed E-state index contributed by atoms with van der Waals surface area (Å²) in [4.78, 5) is 10.8. The molecule has 1 saturated carbocycles. The van der Waals surface area contributed by atoms with Gasteiger partial charge < -0.3 is 10.1 Å². The van der Waals surface area contributed by atoms with Crippen LogP contribution in [0.2, 0.25) is 0 Å². The van der Waals surface area contributed by atoms with Crippen molar-refractivity contribution in [3.05, 3.63) is 0 Å². The largest absolute Gasteiger partial charge is 0.450 e. The van der Waals surface area contributed by atoms with Crippen LogP contribution in [0.5, 0.6) is 0 Å². The number of hydrogen-bond acceptors (Lipinski definition) is 2. The molecule has 0 bridgehead atoms. The molecule has 0 aromatic heterocycles. The molecule has 1 aliphatic carbocycles. The number of rotatable bonds is 2. The van der Waals surface area contributed by atoms with Crippen LogP contribution in [0, 0.1) is 0 Å². The highest BCUT2D eigenvalue weighted by Crippen LogP contribution is 2.34. The number of carbonyl (C=O) groups excluding carboxylic acids is 1. The lowest BCUT2D eigenvalue weighted by Crippen LogP contribution is -2.34. The summed E-state index contributed by atoms with van der Waals surface area (Å²) >= 11 is 0. The summed E-state index contributed by atoms with van der Waals surface area (Å²) < 4.78 is 4.71. The van der Waals surface area contributed by atoms with Crippen LogP contribution in [0.1, 0.15) is 26.7 Å². The Hall–Kier alpha value is -0.730. The van der Waals surface area contributed by atoms with Gasteiger partial charge in [-0.05, 0) is 26.7 Å². The third-order valence-corrected chi connectivity index (χ3v) is 1.68. The third kappa shape index (κ3) is 1.90. The van der Waals surface area contributed by atoms with Crippen molar-refractivity contribution < 1.29 is 9.53 Å². The molecule has 1 N–H and O–H groups in total. The quantitative estimate of drug-likeness (QED) is 0.632. The van der Waals surface area contributed by atoms with Crippen molar-refractivity contribution in [2.75, 3.05) is 6.61 Å². The molecule has 0 aromatic rings. The van der Waals surface area contributed by atoms with Gasteiger partial charge in [-0.15, -0.1) is 0 Å². The summed E-state index contributed by atoms with van der Waals surface area (Å²) in [6, 6.07) is 0. The minimum atomic E-state index is -0.289. The van der Waals surface area contributed by atoms with E-state index in [9.17, 15) is 4.79 Å². The van der Waals surface area contributed by atoms with E-state index in [2.05, 4.69) is 5.32 Å². The van der Waals surface area contributed by atoms with Crippen molar-refractivity contribution in [1.29, 1.82) is 0 Å². The Bertz CT molecular complexity index is 141. The van der Waals surface area contributed by atoms with E-state index in [1.54, 1.807) is 6.92 Å². The van der Waals surface area contributed by atoms with Crippen molar-refractivity contribution in [2.45, 2.75) is 32.2 Å². The second-order valence-electron chi connectivity index (χ2n) is 2.91. The van der Waals surface area contributed by atoms with Gasteiger partial charge in [-0.3, -0.25) is 0 Å². The van der Waals surface area contributed by atoms with E-state index < -0.39 is 0 Å². The fourth-order valence-corrected chi connectivity index (χ4v) is 0.726. The zero-order valence-electron chi connectivity index (χ0n) is 6.44. The molecule has 1 aliphatic rings. The molecule has 0 saturated heterocycles. The Morgan fingerprint density at radius 1 is 1.70 bits per heavy atom. The van der Waals surface area contributed by atoms with Crippen LogP contribution in [-0.4, -0.2) is 18.2 Å². The zero-order chi connectivity index (χ0) is 7.61. The smallest absolute Gasteiger partial charge is 0.407 e. The van der Waals surface area contributed by atoms with Crippen molar-refractivity contribution in [1.82, 2.24) is 5.32 Å². The molecule has 0 aromatic carbocycles. The molecule has 0 heterocycles. The predicted molar refractivity (Wildman–Crippen MR) is 37.8 cm³/mol. The Labute approximate surface area is 60.7 Å². The number of nitrogens with one attached hydrogen (secondary N) is 1. The van der Waals surface area contributed by atoms with Gasteiger partial charge in [0.15, 0.2) is 0 Å². The minimum absolute atomic E-state index is 0.0479. The minimum Gasteiger partial charge on any atom is -0.450 e. The molecular formula is C7H13NO2. The summed E-state index contributed by atoms with van der Waals surface area (Å²) in [5.74, 6) is 0. The highest BCUT2D eigenvalue weighted by molar-refractivity contribution is 5.68. The molecule has 3 heteroatoms. The van der Waals surface area contributed by atoms with E-state index >= 15 is 0 Å². The summed E-state index contributed by atoms with van der Waals surface area (Å²) in [6.07, 6.45) is 1.86. The normalized spacial score (nSPS) is 19.8. The van der Waals surface area contributed by atoms with Crippen molar-refractivity contribution in [2.24, 2.45) is 0 Å². The fourth-order valence-electron chi connectivity index (χ4n) is 0.726. The van der Waals surface area contributed by atoms with Crippen LogP contribution >= 0.6 is 0 Å². The summed E-state index contributed by atoms with van der Waals surface area (Å²) in [7, 11) is 0. The molecule has 0 unspecified atom stereocenters. The van der Waals surface area contributed by atoms with E-state index in [0.29, 0.717) is 6.61 Å². The first-order valence-corrected chi connectivity index (χ1v) is 3.61. The van der Waals surface area contributed by atoms with Crippen LogP contribution in [0.3, 0.4) is 0 Å². The van der Waals surface area contributed by atoms with E-state index in [1.165, 1.54) is 0 Å². The van der Waals surface area contributed by atoms with Gasteiger partial charge in [-0.1, -0.05) is 0 Å². The van der Waals surface area contributed by atoms with Gasteiger partial charge in [-0.2, -0.15) is 0 Å². The zero-order valence-corrected chi connectivity index (χ0v) is 6.44. The van der Waals surface area contributed by atoms with Gasteiger partial charge in [0.1, 0.15) is 0 Å². The first-order valence-electron chi connectivity index (χ1n) is 3.61. The van der Waals surface area contributed by atoms with Gasteiger partial charge in [0.25, 0.3) is 0 Å². The molecule has 1 amide bonds. The lowest BCUT2D eigenvalue weighted by atomic mass is 10.3. The number of hydrogen-bond donors (Lipinski definition) is 1. The predicted octanol–water partition coefficient (Wildman–Crippen LogP) is 1.29. The lowest BCUT2D eigenvalue weighted by molar-refractivity contribution is 0.147. The second kappa shape index (κ2) is 2.48. The molecule has 1 rings (SSSR count). The SMILES string of the molecule is CCOC(=O)NC1(C)CC1. The molecule has 3 nitrogen and oxygen atoms in total. The summed E-state index contributed by atoms with van der Waals surface area (Å²) in [6.45, 7) is 4.26. The molecule has 0 spiro atoms. The topological polar surface area (TPSA) is 38.3 Å². The fraction of sp³-hybridized carbons (Fsp3) is 0.857. The van der Waals surface area contributed by atoms with Crippen molar-refractivity contribution in [3.8, 4) is 0 Å². The van der Waals surface area contributed by atoms with Gasteiger partial charge in [0.05, 0.1) is 6.61 Å². The van der Waals surface area contributed by atoms with Gasteiger partial charge in [0, 0.05) is 5.54 Å². The van der Waals surface area contributed by atoms with Crippen LogP contribution in [0.15, 0.2) is 0 Å². The van der Waals surface area contributed by atoms with Gasteiger partial charge >= 0.3 is 6.09 Å². The Morgan fingerprint density at radius 2 is 2.30 bits per heavy atom. The lowest BCUT2D eigenvalue weighted by Gasteiger charge is -2.09. The molecule has 0 atom stereocenters. The van der Waals surface area contributed by atoms with E-state index in [-0.39, 0.29) is 11.6 Å². The highest BCUT2D eigenvalue weighted by atomic mass is 16.5. The standard InChI is InChI=1S/C7H13NO2/c1-3-10-6(9)8-7(2)4-5-7/h3-5H2,1-2H3,(H,8,9). The Balaban J connectivity index is 2.18. The molecular weight excluding hydrogens is 130 g/mol. The number of amides is 1. The first kappa shape index (κ1) is 7.38. The van der Waals surface area contributed by atoms with Gasteiger partial charge in [0.2, 0.25) is 0 Å². The Morgan fingerprint density at radius 3 is 2.70 bits per heavy atom. The maximum Gasteiger partial charge on any atom is 0.407 e. The van der Waals surface area contributed by atoms with Crippen molar-refractivity contribution >= 4 is 6.09 Å². The summed E-state index contributed by atoms with van der Waals surface area (Å²) in [5.41, 5.74) is 0.0479. The van der Waals surface area contributed by atoms with Crippen LogP contribution < -0.4 is 5.32 Å². The maximum atomic E-state index is 10.8. The third-order valence-electron chi connectivity index (χ3n) is 1.68. The average Bonchev–Trinajstić information content (AvgIpc) is 2.48. The van der Waals surface area contributed by atoms with Crippen LogP contribution in [0.4, 0.5) is 4.79 Å². The highest BCUT2D eigenvalue weighted by Gasteiger charge is 2.39. The molecule has 58 valence electrons. The van der Waals surface area contributed by atoms with E-state index in [0.717, 1.165) is 12.8 Å². The average molecular weight is 143 g/mol. The van der Waals surface area contributed by atoms with E-state index in [1.807, 2.05) is 6.92 Å². The molecule has 1 fully saturated rings. The first-order chi connectivity index (χ1) is 4.66. The van der Waals surface area contributed by atoms with Gasteiger partial charge in [-0.25, -0.2) is 4.79 Å². The number of carbonyl (C=O) groups is 1. The van der Waals surface area contributed by atoms with Crippen LogP contribution in [0.25, 0.3) is 0 Å². The second-order valence-corrected chi connectivity index (χ2v) is 2.91. The van der Waals surface area contributed by atoms with Crippen LogP contribution in [-0.2, 0) is 4.74 Å². The van der Waals surface area contributed by atoms with E-state index in [4.69, 9.17) is 4.74 Å². The monoisotopic (exact) mass is 143 g/mol. The molecule has 10 heavy (non-hydrogen) atoms.